The minimum absolute atomic E-state index is 0.343. The van der Waals surface area contributed by atoms with Gasteiger partial charge in [-0.25, -0.2) is 4.98 Å². The molecule has 1 aromatic carbocycles. The van der Waals surface area contributed by atoms with Gasteiger partial charge in [0.25, 0.3) is 0 Å². The van der Waals surface area contributed by atoms with Crippen LogP contribution in [0.3, 0.4) is 0 Å². The van der Waals surface area contributed by atoms with Crippen molar-refractivity contribution in [2.75, 3.05) is 10.2 Å². The van der Waals surface area contributed by atoms with Gasteiger partial charge in [-0.2, -0.15) is 4.98 Å². The molecule has 4 nitrogen and oxygen atoms in total. The molecule has 0 saturated heterocycles. The van der Waals surface area contributed by atoms with E-state index in [2.05, 4.69) is 59.4 Å². The molecule has 0 atom stereocenters. The molecule has 1 saturated carbocycles. The molecule has 0 bridgehead atoms. The van der Waals surface area contributed by atoms with Crippen LogP contribution in [0.1, 0.15) is 51.5 Å². The molecular formula is C20H28N4. The van der Waals surface area contributed by atoms with E-state index in [0.717, 1.165) is 18.3 Å². The number of benzene rings is 1. The number of aromatic nitrogens is 2. The van der Waals surface area contributed by atoms with Crippen molar-refractivity contribution >= 4 is 11.8 Å². The quantitative estimate of drug-likeness (QED) is 0.840. The second-order valence-electron chi connectivity index (χ2n) is 6.93. The average Bonchev–Trinajstić information content (AvgIpc) is 2.61. The first-order chi connectivity index (χ1) is 11.7. The summed E-state index contributed by atoms with van der Waals surface area (Å²) >= 11 is 0. The van der Waals surface area contributed by atoms with Gasteiger partial charge in [-0.3, -0.25) is 0 Å². The normalized spacial score (nSPS) is 15.5. The molecule has 2 aromatic rings. The minimum Gasteiger partial charge on any atom is -0.367 e. The summed E-state index contributed by atoms with van der Waals surface area (Å²) in [5.74, 6) is 1.75. The van der Waals surface area contributed by atoms with Crippen LogP contribution in [0.5, 0.6) is 0 Å². The van der Waals surface area contributed by atoms with Crippen LogP contribution in [0.15, 0.2) is 42.6 Å². The maximum absolute atomic E-state index is 4.79. The highest BCUT2D eigenvalue weighted by molar-refractivity contribution is 5.43. The fraction of sp³-hybridized carbons (Fsp3) is 0.500. The summed E-state index contributed by atoms with van der Waals surface area (Å²) in [5, 5.41) is 3.60. The zero-order valence-electron chi connectivity index (χ0n) is 14.8. The third-order valence-electron chi connectivity index (χ3n) is 4.68. The van der Waals surface area contributed by atoms with Gasteiger partial charge in [-0.15, -0.1) is 0 Å². The second kappa shape index (κ2) is 8.13. The Kier molecular flexibility index (Phi) is 5.68. The maximum atomic E-state index is 4.79. The Balaban J connectivity index is 1.74. The van der Waals surface area contributed by atoms with E-state index in [1.807, 2.05) is 12.3 Å². The predicted molar refractivity (Wildman–Crippen MR) is 100 cm³/mol. The molecule has 1 fully saturated rings. The molecule has 0 radical (unpaired) electrons. The van der Waals surface area contributed by atoms with Crippen molar-refractivity contribution in [3.63, 3.8) is 0 Å². The van der Waals surface area contributed by atoms with Crippen molar-refractivity contribution in [3.05, 3.63) is 48.2 Å². The smallest absolute Gasteiger partial charge is 0.227 e. The fourth-order valence-electron chi connectivity index (χ4n) is 3.29. The van der Waals surface area contributed by atoms with Gasteiger partial charge in [-0.1, -0.05) is 49.6 Å². The minimum atomic E-state index is 0.343. The van der Waals surface area contributed by atoms with Crippen LogP contribution in [0.4, 0.5) is 11.8 Å². The first kappa shape index (κ1) is 16.7. The first-order valence-electron chi connectivity index (χ1n) is 9.12. The Morgan fingerprint density at radius 2 is 1.83 bits per heavy atom. The van der Waals surface area contributed by atoms with E-state index in [0.29, 0.717) is 12.1 Å². The Morgan fingerprint density at radius 1 is 1.08 bits per heavy atom. The molecule has 0 aliphatic heterocycles. The van der Waals surface area contributed by atoms with Crippen molar-refractivity contribution in [2.45, 2.75) is 64.6 Å². The van der Waals surface area contributed by atoms with E-state index in [1.165, 1.54) is 37.7 Å². The lowest BCUT2D eigenvalue weighted by Crippen LogP contribution is -2.32. The lowest BCUT2D eigenvalue weighted by atomic mass is 9.95. The van der Waals surface area contributed by atoms with Crippen LogP contribution in [-0.2, 0) is 6.54 Å². The van der Waals surface area contributed by atoms with E-state index in [4.69, 9.17) is 4.98 Å². The van der Waals surface area contributed by atoms with E-state index in [1.54, 1.807) is 0 Å². The highest BCUT2D eigenvalue weighted by Crippen LogP contribution is 2.22. The van der Waals surface area contributed by atoms with E-state index in [-0.39, 0.29) is 0 Å². The summed E-state index contributed by atoms with van der Waals surface area (Å²) in [6.45, 7) is 5.20. The van der Waals surface area contributed by atoms with Crippen molar-refractivity contribution in [2.24, 2.45) is 0 Å². The molecule has 1 heterocycles. The summed E-state index contributed by atoms with van der Waals surface area (Å²) in [6.07, 6.45) is 8.37. The third kappa shape index (κ3) is 4.47. The standard InChI is InChI=1S/C20H28N4/c1-16(2)24(15-17-9-5-3-6-10-17)20-21-14-13-19(23-20)22-18-11-7-4-8-12-18/h3,5-6,9-10,13-14,16,18H,4,7-8,11-12,15H2,1-2H3,(H,21,22,23). The Hall–Kier alpha value is -2.10. The van der Waals surface area contributed by atoms with Crippen LogP contribution < -0.4 is 10.2 Å². The highest BCUT2D eigenvalue weighted by atomic mass is 15.3. The van der Waals surface area contributed by atoms with Gasteiger partial charge in [0.2, 0.25) is 5.95 Å². The lowest BCUT2D eigenvalue weighted by Gasteiger charge is -2.28. The topological polar surface area (TPSA) is 41.1 Å². The van der Waals surface area contributed by atoms with Crippen LogP contribution in [0, 0.1) is 0 Å². The summed E-state index contributed by atoms with van der Waals surface area (Å²) in [4.78, 5) is 11.6. The number of anilines is 2. The summed E-state index contributed by atoms with van der Waals surface area (Å²) in [5.41, 5.74) is 1.28. The molecule has 1 N–H and O–H groups in total. The van der Waals surface area contributed by atoms with Gasteiger partial charge >= 0.3 is 0 Å². The molecule has 24 heavy (non-hydrogen) atoms. The van der Waals surface area contributed by atoms with E-state index in [9.17, 15) is 0 Å². The van der Waals surface area contributed by atoms with Crippen molar-refractivity contribution in [1.29, 1.82) is 0 Å². The average molecular weight is 324 g/mol. The summed E-state index contributed by atoms with van der Waals surface area (Å²) in [6, 6.07) is 13.4. The highest BCUT2D eigenvalue weighted by Gasteiger charge is 2.17. The van der Waals surface area contributed by atoms with Gasteiger partial charge in [0.15, 0.2) is 0 Å². The number of hydrogen-bond donors (Lipinski definition) is 1. The largest absolute Gasteiger partial charge is 0.367 e. The van der Waals surface area contributed by atoms with Gasteiger partial charge < -0.3 is 10.2 Å². The van der Waals surface area contributed by atoms with Crippen LogP contribution in [0.25, 0.3) is 0 Å². The first-order valence-corrected chi connectivity index (χ1v) is 9.12. The Bertz CT molecular complexity index is 621. The van der Waals surface area contributed by atoms with Crippen molar-refractivity contribution < 1.29 is 0 Å². The van der Waals surface area contributed by atoms with Crippen molar-refractivity contribution in [1.82, 2.24) is 9.97 Å². The van der Waals surface area contributed by atoms with Crippen LogP contribution >= 0.6 is 0 Å². The predicted octanol–water partition coefficient (Wildman–Crippen LogP) is 4.64. The van der Waals surface area contributed by atoms with Crippen molar-refractivity contribution in [3.8, 4) is 0 Å². The molecule has 4 heteroatoms. The summed E-state index contributed by atoms with van der Waals surface area (Å²) in [7, 11) is 0. The summed E-state index contributed by atoms with van der Waals surface area (Å²) < 4.78 is 0. The van der Waals surface area contributed by atoms with Gasteiger partial charge in [-0.05, 0) is 38.3 Å². The van der Waals surface area contributed by atoms with E-state index >= 15 is 0 Å². The van der Waals surface area contributed by atoms with Gasteiger partial charge in [0.1, 0.15) is 5.82 Å². The Labute approximate surface area is 145 Å². The van der Waals surface area contributed by atoms with E-state index < -0.39 is 0 Å². The molecule has 0 spiro atoms. The fourth-order valence-corrected chi connectivity index (χ4v) is 3.29. The number of nitrogens with one attached hydrogen (secondary N) is 1. The zero-order valence-corrected chi connectivity index (χ0v) is 14.8. The lowest BCUT2D eigenvalue weighted by molar-refractivity contribution is 0.461. The number of rotatable bonds is 6. The monoisotopic (exact) mass is 324 g/mol. The van der Waals surface area contributed by atoms with Gasteiger partial charge in [0.05, 0.1) is 0 Å². The zero-order chi connectivity index (χ0) is 16.8. The molecular weight excluding hydrogens is 296 g/mol. The third-order valence-corrected chi connectivity index (χ3v) is 4.68. The van der Waals surface area contributed by atoms with Crippen LogP contribution in [-0.4, -0.2) is 22.1 Å². The molecule has 0 amide bonds. The number of nitrogens with zero attached hydrogens (tertiary/aromatic N) is 3. The van der Waals surface area contributed by atoms with Crippen LogP contribution in [0.2, 0.25) is 0 Å². The molecule has 1 aromatic heterocycles. The SMILES string of the molecule is CC(C)N(Cc1ccccc1)c1nccc(NC2CCCCC2)n1. The van der Waals surface area contributed by atoms with Gasteiger partial charge in [0, 0.05) is 24.8 Å². The molecule has 128 valence electrons. The molecule has 1 aliphatic carbocycles. The maximum Gasteiger partial charge on any atom is 0.227 e. The second-order valence-corrected chi connectivity index (χ2v) is 6.93. The molecule has 0 unspecified atom stereocenters. The molecule has 1 aliphatic rings. The molecule has 3 rings (SSSR count). The Morgan fingerprint density at radius 3 is 2.54 bits per heavy atom. The number of hydrogen-bond acceptors (Lipinski definition) is 4.